The van der Waals surface area contributed by atoms with Gasteiger partial charge in [-0.2, -0.15) is 0 Å². The highest BCUT2D eigenvalue weighted by Gasteiger charge is 2.31. The molecule has 88 valence electrons. The van der Waals surface area contributed by atoms with Crippen LogP contribution in [0.2, 0.25) is 0 Å². The Morgan fingerprint density at radius 1 is 1.56 bits per heavy atom. The van der Waals surface area contributed by atoms with Gasteiger partial charge >= 0.3 is 0 Å². The highest BCUT2D eigenvalue weighted by atomic mass is 16.3. The summed E-state index contributed by atoms with van der Waals surface area (Å²) in [4.78, 5) is 13.9. The van der Waals surface area contributed by atoms with Gasteiger partial charge in [0, 0.05) is 38.4 Å². The van der Waals surface area contributed by atoms with Crippen molar-refractivity contribution in [3.05, 3.63) is 24.0 Å². The van der Waals surface area contributed by atoms with Crippen molar-refractivity contribution < 1.29 is 9.90 Å². The topological polar surface area (TPSA) is 45.5 Å². The Bertz CT molecular complexity index is 367. The molecule has 2 rings (SSSR count). The molecule has 1 N–H and O–H groups in total. The second-order valence-corrected chi connectivity index (χ2v) is 4.35. The van der Waals surface area contributed by atoms with E-state index in [1.54, 1.807) is 4.90 Å². The molecule has 0 bridgehead atoms. The van der Waals surface area contributed by atoms with E-state index in [0.717, 1.165) is 18.7 Å². The van der Waals surface area contributed by atoms with E-state index in [9.17, 15) is 4.79 Å². The number of likely N-dealkylation sites (tertiary alicyclic amines) is 1. The molecular formula is C12H18N2O2. The highest BCUT2D eigenvalue weighted by Crippen LogP contribution is 2.18. The maximum absolute atomic E-state index is 12.1. The molecule has 0 unspecified atom stereocenters. The van der Waals surface area contributed by atoms with Crippen molar-refractivity contribution in [1.82, 2.24) is 9.47 Å². The van der Waals surface area contributed by atoms with Gasteiger partial charge in [0.1, 0.15) is 5.69 Å². The molecule has 0 aromatic carbocycles. The fourth-order valence-corrected chi connectivity index (χ4v) is 2.06. The maximum Gasteiger partial charge on any atom is 0.270 e. The van der Waals surface area contributed by atoms with Crippen molar-refractivity contribution in [3.63, 3.8) is 0 Å². The normalized spacial score (nSPS) is 16.2. The Hall–Kier alpha value is -1.29. The summed E-state index contributed by atoms with van der Waals surface area (Å²) in [5.41, 5.74) is 0.762. The van der Waals surface area contributed by atoms with Crippen molar-refractivity contribution in [1.29, 1.82) is 0 Å². The lowest BCUT2D eigenvalue weighted by Crippen LogP contribution is -2.51. The molecule has 4 heteroatoms. The van der Waals surface area contributed by atoms with E-state index in [1.165, 1.54) is 0 Å². The molecule has 0 aliphatic carbocycles. The third-order valence-corrected chi connectivity index (χ3v) is 3.02. The summed E-state index contributed by atoms with van der Waals surface area (Å²) in [6.07, 6.45) is 2.97. The lowest BCUT2D eigenvalue weighted by molar-refractivity contribution is 0.0352. The second kappa shape index (κ2) is 4.70. The molecule has 1 aliphatic heterocycles. The molecule has 1 aliphatic rings. The van der Waals surface area contributed by atoms with Crippen LogP contribution in [0, 0.1) is 5.92 Å². The summed E-state index contributed by atoms with van der Waals surface area (Å²) < 4.78 is 1.99. The van der Waals surface area contributed by atoms with E-state index in [0.29, 0.717) is 13.1 Å². The quantitative estimate of drug-likeness (QED) is 0.824. The number of aliphatic hydroxyl groups is 1. The summed E-state index contributed by atoms with van der Waals surface area (Å²) in [5.74, 6) is 0.363. The number of hydrogen-bond donors (Lipinski definition) is 1. The van der Waals surface area contributed by atoms with Crippen LogP contribution in [0.1, 0.15) is 23.8 Å². The summed E-state index contributed by atoms with van der Waals surface area (Å²) in [6.45, 7) is 4.53. The minimum absolute atomic E-state index is 0.0863. The van der Waals surface area contributed by atoms with Gasteiger partial charge in [-0.25, -0.2) is 0 Å². The number of hydrogen-bond acceptors (Lipinski definition) is 2. The minimum Gasteiger partial charge on any atom is -0.396 e. The number of amides is 1. The molecule has 1 amide bonds. The Morgan fingerprint density at radius 2 is 2.31 bits per heavy atom. The van der Waals surface area contributed by atoms with Crippen LogP contribution in [0.3, 0.4) is 0 Å². The average Bonchev–Trinajstić information content (AvgIpc) is 2.65. The SMILES string of the molecule is CCCn1cccc1C(=O)N1CC(CO)C1. The first-order valence-corrected chi connectivity index (χ1v) is 5.81. The zero-order valence-corrected chi connectivity index (χ0v) is 9.59. The first-order chi connectivity index (χ1) is 7.76. The standard InChI is InChI=1S/C12H18N2O2/c1-2-5-13-6-3-4-11(13)12(16)14-7-10(8-14)9-15/h3-4,6,10,15H,2,5,7-9H2,1H3. The van der Waals surface area contributed by atoms with Crippen LogP contribution in [-0.2, 0) is 6.54 Å². The summed E-state index contributed by atoms with van der Waals surface area (Å²) in [5, 5.41) is 8.91. The number of aliphatic hydroxyl groups excluding tert-OH is 1. The monoisotopic (exact) mass is 222 g/mol. The molecule has 1 fully saturated rings. The van der Waals surface area contributed by atoms with Crippen LogP contribution >= 0.6 is 0 Å². The minimum atomic E-state index is 0.0863. The Morgan fingerprint density at radius 3 is 2.94 bits per heavy atom. The maximum atomic E-state index is 12.1. The summed E-state index contributed by atoms with van der Waals surface area (Å²) >= 11 is 0. The first kappa shape index (κ1) is 11.2. The fraction of sp³-hybridized carbons (Fsp3) is 0.583. The predicted molar refractivity (Wildman–Crippen MR) is 61.2 cm³/mol. The number of carbonyl (C=O) groups is 1. The number of aryl methyl sites for hydroxylation is 1. The van der Waals surface area contributed by atoms with Crippen LogP contribution in [0.15, 0.2) is 18.3 Å². The van der Waals surface area contributed by atoms with Gasteiger partial charge in [0.2, 0.25) is 0 Å². The molecule has 16 heavy (non-hydrogen) atoms. The van der Waals surface area contributed by atoms with Crippen molar-refractivity contribution in [2.75, 3.05) is 19.7 Å². The summed E-state index contributed by atoms with van der Waals surface area (Å²) in [7, 11) is 0. The molecule has 1 saturated heterocycles. The van der Waals surface area contributed by atoms with Crippen molar-refractivity contribution in [2.45, 2.75) is 19.9 Å². The van der Waals surface area contributed by atoms with Crippen molar-refractivity contribution in [2.24, 2.45) is 5.92 Å². The molecule has 0 saturated carbocycles. The molecule has 0 spiro atoms. The zero-order valence-electron chi connectivity index (χ0n) is 9.59. The molecule has 4 nitrogen and oxygen atoms in total. The lowest BCUT2D eigenvalue weighted by atomic mass is 10.0. The van der Waals surface area contributed by atoms with Gasteiger partial charge in [0.05, 0.1) is 0 Å². The van der Waals surface area contributed by atoms with Gasteiger partial charge in [-0.05, 0) is 18.6 Å². The van der Waals surface area contributed by atoms with Gasteiger partial charge in [0.25, 0.3) is 5.91 Å². The summed E-state index contributed by atoms with van der Waals surface area (Å²) in [6, 6.07) is 3.77. The molecule has 0 atom stereocenters. The Balaban J connectivity index is 2.01. The third-order valence-electron chi connectivity index (χ3n) is 3.02. The van der Waals surface area contributed by atoms with Crippen LogP contribution < -0.4 is 0 Å². The second-order valence-electron chi connectivity index (χ2n) is 4.35. The molecular weight excluding hydrogens is 204 g/mol. The van der Waals surface area contributed by atoms with E-state index in [-0.39, 0.29) is 18.4 Å². The van der Waals surface area contributed by atoms with Crippen LogP contribution in [0.25, 0.3) is 0 Å². The van der Waals surface area contributed by atoms with Crippen LogP contribution in [0.5, 0.6) is 0 Å². The average molecular weight is 222 g/mol. The van der Waals surface area contributed by atoms with Crippen molar-refractivity contribution >= 4 is 5.91 Å². The Labute approximate surface area is 95.5 Å². The van der Waals surface area contributed by atoms with Crippen LogP contribution in [-0.4, -0.2) is 40.2 Å². The molecule has 0 radical (unpaired) electrons. The molecule has 2 heterocycles. The van der Waals surface area contributed by atoms with Gasteiger partial charge in [-0.1, -0.05) is 6.92 Å². The molecule has 1 aromatic heterocycles. The number of carbonyl (C=O) groups excluding carboxylic acids is 1. The highest BCUT2D eigenvalue weighted by molar-refractivity contribution is 5.93. The number of aromatic nitrogens is 1. The fourth-order valence-electron chi connectivity index (χ4n) is 2.06. The Kier molecular flexibility index (Phi) is 3.29. The van der Waals surface area contributed by atoms with E-state index in [4.69, 9.17) is 5.11 Å². The van der Waals surface area contributed by atoms with Gasteiger partial charge in [-0.3, -0.25) is 4.79 Å². The van der Waals surface area contributed by atoms with Crippen LogP contribution in [0.4, 0.5) is 0 Å². The van der Waals surface area contributed by atoms with Gasteiger partial charge < -0.3 is 14.6 Å². The van der Waals surface area contributed by atoms with E-state index in [2.05, 4.69) is 6.92 Å². The van der Waals surface area contributed by atoms with Gasteiger partial charge in [-0.15, -0.1) is 0 Å². The van der Waals surface area contributed by atoms with E-state index < -0.39 is 0 Å². The lowest BCUT2D eigenvalue weighted by Gasteiger charge is -2.38. The zero-order chi connectivity index (χ0) is 11.5. The van der Waals surface area contributed by atoms with E-state index >= 15 is 0 Å². The predicted octanol–water partition coefficient (Wildman–Crippen LogP) is 0.962. The molecule has 1 aromatic rings. The van der Waals surface area contributed by atoms with Gasteiger partial charge in [0.15, 0.2) is 0 Å². The van der Waals surface area contributed by atoms with E-state index in [1.807, 2.05) is 22.9 Å². The smallest absolute Gasteiger partial charge is 0.270 e. The van der Waals surface area contributed by atoms with Crippen molar-refractivity contribution in [3.8, 4) is 0 Å². The number of nitrogens with zero attached hydrogens (tertiary/aromatic N) is 2. The first-order valence-electron chi connectivity index (χ1n) is 5.81. The third kappa shape index (κ3) is 1.97. The largest absolute Gasteiger partial charge is 0.396 e. The number of rotatable bonds is 4.